The minimum absolute atomic E-state index is 0.0512. The number of methoxy groups -OCH3 is 1. The van der Waals surface area contributed by atoms with Crippen molar-refractivity contribution in [2.24, 2.45) is 17.0 Å². The molecule has 2 aliphatic rings. The number of sulfonamides is 1. The first-order valence-electron chi connectivity index (χ1n) is 7.85. The summed E-state index contributed by atoms with van der Waals surface area (Å²) < 4.78 is 27.8. The molecule has 0 heterocycles. The Bertz CT molecular complexity index is 863. The van der Waals surface area contributed by atoms with E-state index >= 15 is 0 Å². The summed E-state index contributed by atoms with van der Waals surface area (Å²) in [5.41, 5.74) is 0.399. The highest BCUT2D eigenvalue weighted by atomic mass is 35.5. The molecule has 0 saturated heterocycles. The fourth-order valence-corrected chi connectivity index (χ4v) is 3.87. The van der Waals surface area contributed by atoms with Crippen molar-refractivity contribution in [2.75, 3.05) is 7.11 Å². The summed E-state index contributed by atoms with van der Waals surface area (Å²) in [5.74, 6) is 0.713. The van der Waals surface area contributed by atoms with Crippen LogP contribution < -0.4 is 15.2 Å². The first kappa shape index (κ1) is 18.0. The Morgan fingerprint density at radius 3 is 2.76 bits per heavy atom. The van der Waals surface area contributed by atoms with Crippen molar-refractivity contribution in [3.05, 3.63) is 51.9 Å². The lowest BCUT2D eigenvalue weighted by atomic mass is 9.95. The van der Waals surface area contributed by atoms with Gasteiger partial charge in [-0.1, -0.05) is 23.8 Å². The van der Waals surface area contributed by atoms with Gasteiger partial charge in [0, 0.05) is 11.1 Å². The summed E-state index contributed by atoms with van der Waals surface area (Å²) >= 11 is 5.96. The largest absolute Gasteiger partial charge is 0.496 e. The number of rotatable bonds is 5. The number of nitrogens with one attached hydrogen (secondary N) is 1. The van der Waals surface area contributed by atoms with E-state index in [0.717, 1.165) is 6.42 Å². The number of amides is 1. The second-order valence-electron chi connectivity index (χ2n) is 6.23. The van der Waals surface area contributed by atoms with E-state index < -0.39 is 10.0 Å². The van der Waals surface area contributed by atoms with Gasteiger partial charge < -0.3 is 10.1 Å². The third-order valence-corrected chi connectivity index (χ3v) is 5.73. The van der Waals surface area contributed by atoms with Crippen LogP contribution in [0.3, 0.4) is 0 Å². The third-order valence-electron chi connectivity index (χ3n) is 4.54. The minimum atomic E-state index is -3.66. The van der Waals surface area contributed by atoms with Crippen LogP contribution in [-0.4, -0.2) is 27.5 Å². The zero-order chi connectivity index (χ0) is 18.2. The normalized spacial score (nSPS) is 25.2. The second-order valence-corrected chi connectivity index (χ2v) is 8.23. The third kappa shape index (κ3) is 4.05. The van der Waals surface area contributed by atoms with Gasteiger partial charge >= 0.3 is 0 Å². The zero-order valence-corrected chi connectivity index (χ0v) is 15.2. The van der Waals surface area contributed by atoms with Crippen molar-refractivity contribution >= 4 is 27.5 Å². The van der Waals surface area contributed by atoms with Crippen LogP contribution in [0.25, 0.3) is 0 Å². The lowest BCUT2D eigenvalue weighted by Crippen LogP contribution is -2.28. The summed E-state index contributed by atoms with van der Waals surface area (Å²) in [7, 11) is -2.15. The smallest absolute Gasteiger partial charge is 0.255 e. The van der Waals surface area contributed by atoms with E-state index in [1.807, 2.05) is 6.08 Å². The van der Waals surface area contributed by atoms with Gasteiger partial charge in [-0.25, -0.2) is 13.6 Å². The van der Waals surface area contributed by atoms with Crippen molar-refractivity contribution < 1.29 is 17.9 Å². The number of ether oxygens (including phenoxy) is 1. The van der Waals surface area contributed by atoms with Crippen LogP contribution in [0, 0.1) is 11.8 Å². The summed E-state index contributed by atoms with van der Waals surface area (Å²) in [6.45, 7) is 0. The first-order valence-corrected chi connectivity index (χ1v) is 9.77. The molecule has 2 aliphatic carbocycles. The number of carbonyl (C=O) groups excluding carboxylic acids is 1. The average molecular weight is 383 g/mol. The fourth-order valence-electron chi connectivity index (χ4n) is 3.10. The maximum absolute atomic E-state index is 12.5. The molecule has 0 spiro atoms. The Kier molecular flexibility index (Phi) is 4.90. The summed E-state index contributed by atoms with van der Waals surface area (Å²) in [6.07, 6.45) is 6.48. The van der Waals surface area contributed by atoms with E-state index in [4.69, 9.17) is 21.5 Å². The van der Waals surface area contributed by atoms with Gasteiger partial charge in [-0.15, -0.1) is 0 Å². The van der Waals surface area contributed by atoms with E-state index in [2.05, 4.69) is 5.32 Å². The molecule has 134 valence electrons. The quantitative estimate of drug-likeness (QED) is 0.815. The Labute approximate surface area is 151 Å². The van der Waals surface area contributed by atoms with Crippen LogP contribution in [-0.2, 0) is 10.0 Å². The molecule has 1 aromatic carbocycles. The number of allylic oxidation sites excluding steroid dienone is 3. The van der Waals surface area contributed by atoms with Crippen LogP contribution in [0.4, 0.5) is 0 Å². The van der Waals surface area contributed by atoms with Gasteiger partial charge in [-0.05, 0) is 49.0 Å². The highest BCUT2D eigenvalue weighted by molar-refractivity contribution is 7.93. The first-order chi connectivity index (χ1) is 11.8. The molecule has 3 atom stereocenters. The summed E-state index contributed by atoms with van der Waals surface area (Å²) in [6, 6.07) is 4.95. The molecule has 1 unspecified atom stereocenters. The van der Waals surface area contributed by atoms with E-state index in [1.165, 1.54) is 7.11 Å². The number of halogens is 1. The molecule has 8 heteroatoms. The van der Waals surface area contributed by atoms with Crippen molar-refractivity contribution in [3.8, 4) is 5.75 Å². The van der Waals surface area contributed by atoms with E-state index in [-0.39, 0.29) is 28.7 Å². The van der Waals surface area contributed by atoms with E-state index in [1.54, 1.807) is 30.4 Å². The minimum Gasteiger partial charge on any atom is -0.496 e. The van der Waals surface area contributed by atoms with Crippen LogP contribution >= 0.6 is 11.6 Å². The Balaban J connectivity index is 1.61. The Morgan fingerprint density at radius 2 is 2.16 bits per heavy atom. The molecule has 6 nitrogen and oxygen atoms in total. The summed E-state index contributed by atoms with van der Waals surface area (Å²) in [4.78, 5) is 12.6. The monoisotopic (exact) mass is 382 g/mol. The molecular formula is C17H19ClN2O4S. The van der Waals surface area contributed by atoms with Gasteiger partial charge in [0.05, 0.1) is 17.6 Å². The second kappa shape index (κ2) is 6.82. The number of benzene rings is 1. The number of carbonyl (C=O) groups is 1. The molecule has 1 saturated carbocycles. The van der Waals surface area contributed by atoms with Crippen molar-refractivity contribution in [2.45, 2.75) is 18.9 Å². The van der Waals surface area contributed by atoms with Gasteiger partial charge in [0.2, 0.25) is 10.0 Å². The molecule has 0 bridgehead atoms. The van der Waals surface area contributed by atoms with E-state index in [0.29, 0.717) is 22.8 Å². The van der Waals surface area contributed by atoms with Gasteiger partial charge in [-0.3, -0.25) is 4.79 Å². The number of hydrogen-bond acceptors (Lipinski definition) is 4. The molecule has 1 aromatic rings. The van der Waals surface area contributed by atoms with E-state index in [9.17, 15) is 13.2 Å². The molecule has 1 fully saturated rings. The Morgan fingerprint density at radius 1 is 1.40 bits per heavy atom. The van der Waals surface area contributed by atoms with Crippen molar-refractivity contribution in [1.29, 1.82) is 0 Å². The maximum Gasteiger partial charge on any atom is 0.255 e. The molecule has 0 aliphatic heterocycles. The molecule has 0 aromatic heterocycles. The van der Waals surface area contributed by atoms with Crippen LogP contribution in [0.15, 0.2) is 41.3 Å². The molecule has 3 N–H and O–H groups in total. The van der Waals surface area contributed by atoms with Crippen molar-refractivity contribution in [1.82, 2.24) is 5.32 Å². The highest BCUT2D eigenvalue weighted by Crippen LogP contribution is 2.42. The number of primary sulfonamides is 1. The number of hydrogen-bond donors (Lipinski definition) is 2. The predicted molar refractivity (Wildman–Crippen MR) is 95.8 cm³/mol. The predicted octanol–water partition coefficient (Wildman–Crippen LogP) is 2.22. The maximum atomic E-state index is 12.5. The molecular weight excluding hydrogens is 364 g/mol. The topological polar surface area (TPSA) is 98.5 Å². The van der Waals surface area contributed by atoms with Crippen molar-refractivity contribution in [3.63, 3.8) is 0 Å². The lowest BCUT2D eigenvalue weighted by Gasteiger charge is -2.16. The molecule has 1 amide bonds. The SMILES string of the molecule is COc1ccc(Cl)cc1C(=O)N[C@@H]1C[C@H]1C1C=CC(S(N)(=O)=O)=CC1. The van der Waals surface area contributed by atoms with Crippen LogP contribution in [0.1, 0.15) is 23.2 Å². The molecule has 25 heavy (non-hydrogen) atoms. The van der Waals surface area contributed by atoms with Crippen LogP contribution in [0.5, 0.6) is 5.75 Å². The fraction of sp³-hybridized carbons (Fsp3) is 0.353. The standard InChI is InChI=1S/C17H19ClN2O4S/c1-24-16-7-4-11(18)8-14(16)17(21)20-15-9-13(15)10-2-5-12(6-3-10)25(19,22)23/h2,4-8,10,13,15H,3,9H2,1H3,(H,20,21)(H2,19,22,23)/t10?,13-,15+/m0/s1. The van der Waals surface area contributed by atoms with Gasteiger partial charge in [0.1, 0.15) is 5.75 Å². The highest BCUT2D eigenvalue weighted by Gasteiger charge is 2.43. The molecule has 3 rings (SSSR count). The summed E-state index contributed by atoms with van der Waals surface area (Å²) in [5, 5.41) is 8.57. The lowest BCUT2D eigenvalue weighted by molar-refractivity contribution is 0.0945. The van der Waals surface area contributed by atoms with Crippen LogP contribution in [0.2, 0.25) is 5.02 Å². The number of nitrogens with two attached hydrogens (primary N) is 1. The van der Waals surface area contributed by atoms with Gasteiger partial charge in [0.15, 0.2) is 0 Å². The Hall–Kier alpha value is -1.83. The molecule has 0 radical (unpaired) electrons. The zero-order valence-electron chi connectivity index (χ0n) is 13.6. The average Bonchev–Trinajstić information content (AvgIpc) is 3.33. The van der Waals surface area contributed by atoms with Gasteiger partial charge in [-0.2, -0.15) is 0 Å². The van der Waals surface area contributed by atoms with Gasteiger partial charge in [0.25, 0.3) is 5.91 Å².